The minimum Gasteiger partial charge on any atom is -0.475 e. The molecule has 2 aliphatic heterocycles. The lowest BCUT2D eigenvalue weighted by molar-refractivity contribution is -0.192. The van der Waals surface area contributed by atoms with Crippen LogP contribution in [0.3, 0.4) is 0 Å². The molecule has 1 unspecified atom stereocenters. The zero-order chi connectivity index (χ0) is 20.1. The van der Waals surface area contributed by atoms with Gasteiger partial charge in [0, 0.05) is 6.04 Å². The van der Waals surface area contributed by atoms with Crippen LogP contribution in [0.2, 0.25) is 5.15 Å². The molecule has 0 aliphatic carbocycles. The summed E-state index contributed by atoms with van der Waals surface area (Å²) in [7, 11) is 0. The van der Waals surface area contributed by atoms with E-state index >= 15 is 0 Å². The molecule has 0 amide bonds. The Morgan fingerprint density at radius 2 is 1.89 bits per heavy atom. The van der Waals surface area contributed by atoms with Crippen molar-refractivity contribution < 1.29 is 23.1 Å². The predicted octanol–water partition coefficient (Wildman–Crippen LogP) is 3.44. The van der Waals surface area contributed by atoms with E-state index < -0.39 is 12.1 Å². The molecule has 1 saturated heterocycles. The van der Waals surface area contributed by atoms with Crippen molar-refractivity contribution in [2.75, 3.05) is 0 Å². The van der Waals surface area contributed by atoms with E-state index in [-0.39, 0.29) is 0 Å². The molecule has 0 spiro atoms. The van der Waals surface area contributed by atoms with Crippen molar-refractivity contribution in [2.45, 2.75) is 30.7 Å². The first-order valence-corrected chi connectivity index (χ1v) is 8.63. The van der Waals surface area contributed by atoms with Crippen LogP contribution in [0.15, 0.2) is 36.9 Å². The summed E-state index contributed by atoms with van der Waals surface area (Å²) in [5.74, 6) is -2.76. The summed E-state index contributed by atoms with van der Waals surface area (Å²) < 4.78 is 33.9. The monoisotopic (exact) mass is 411 g/mol. The maximum absolute atomic E-state index is 10.6. The van der Waals surface area contributed by atoms with E-state index in [0.29, 0.717) is 28.8 Å². The fraction of sp³-hybridized carbons (Fsp3) is 0.294. The third-order valence-electron chi connectivity index (χ3n) is 4.86. The van der Waals surface area contributed by atoms with E-state index in [1.807, 2.05) is 6.33 Å². The Labute approximate surface area is 161 Å². The highest BCUT2D eigenvalue weighted by atomic mass is 35.5. The largest absolute Gasteiger partial charge is 0.490 e. The van der Waals surface area contributed by atoms with Gasteiger partial charge in [-0.3, -0.25) is 0 Å². The van der Waals surface area contributed by atoms with Crippen LogP contribution in [0, 0.1) is 0 Å². The fourth-order valence-corrected chi connectivity index (χ4v) is 3.92. The highest BCUT2D eigenvalue weighted by Crippen LogP contribution is 2.51. The van der Waals surface area contributed by atoms with Gasteiger partial charge in [-0.15, -0.1) is 0 Å². The average molecular weight is 412 g/mol. The molecule has 5 rings (SSSR count). The summed E-state index contributed by atoms with van der Waals surface area (Å²) in [6.45, 7) is 0. The summed E-state index contributed by atoms with van der Waals surface area (Å²) in [6.07, 6.45) is -0.701. The van der Waals surface area contributed by atoms with Crippen molar-refractivity contribution in [3.05, 3.63) is 53.2 Å². The molecule has 28 heavy (non-hydrogen) atoms. The normalized spacial score (nSPS) is 22.6. The number of hydrogen-bond acceptors (Lipinski definition) is 5. The molecule has 3 aromatic rings. The van der Waals surface area contributed by atoms with E-state index in [9.17, 15) is 13.2 Å². The number of nitrogens with zero attached hydrogens (tertiary/aromatic N) is 4. The Kier molecular flexibility index (Phi) is 4.47. The molecule has 2 aliphatic rings. The molecule has 146 valence electrons. The van der Waals surface area contributed by atoms with Crippen molar-refractivity contribution in [3.8, 4) is 0 Å². The number of benzene rings is 1. The number of nitrogens with one attached hydrogen (secondary N) is 1. The molecular weight excluding hydrogens is 399 g/mol. The molecule has 7 nitrogen and oxygen atoms in total. The number of alkyl halides is 3. The second kappa shape index (κ2) is 6.71. The van der Waals surface area contributed by atoms with Crippen molar-refractivity contribution >= 4 is 28.7 Å². The first kappa shape index (κ1) is 18.6. The number of carboxylic acids is 1. The average Bonchev–Trinajstić information content (AvgIpc) is 3.35. The topological polar surface area (TPSA) is 92.9 Å². The number of rotatable bonds is 1. The minimum absolute atomic E-state index is 0.317. The molecule has 0 saturated carbocycles. The summed E-state index contributed by atoms with van der Waals surface area (Å²) in [5.41, 5.74) is 4.30. The van der Waals surface area contributed by atoms with E-state index in [4.69, 9.17) is 21.5 Å². The molecule has 2 aromatic heterocycles. The van der Waals surface area contributed by atoms with Crippen LogP contribution in [-0.4, -0.2) is 36.8 Å². The lowest BCUT2D eigenvalue weighted by Gasteiger charge is -2.24. The van der Waals surface area contributed by atoms with Gasteiger partial charge in [0.05, 0.1) is 18.4 Å². The molecule has 2 N–H and O–H groups in total. The van der Waals surface area contributed by atoms with Gasteiger partial charge in [0.15, 0.2) is 10.8 Å². The summed E-state index contributed by atoms with van der Waals surface area (Å²) in [6, 6.07) is 9.69. The van der Waals surface area contributed by atoms with Crippen LogP contribution in [0.25, 0.3) is 11.2 Å². The van der Waals surface area contributed by atoms with Crippen LogP contribution in [-0.2, 0) is 4.79 Å². The predicted molar refractivity (Wildman–Crippen MR) is 92.7 cm³/mol. The van der Waals surface area contributed by atoms with Gasteiger partial charge in [-0.1, -0.05) is 35.9 Å². The van der Waals surface area contributed by atoms with E-state index in [1.54, 1.807) is 0 Å². The number of imidazole rings is 1. The Hall–Kier alpha value is -2.72. The quantitative estimate of drug-likeness (QED) is 0.596. The van der Waals surface area contributed by atoms with Crippen LogP contribution in [0.5, 0.6) is 0 Å². The molecule has 11 heteroatoms. The summed E-state index contributed by atoms with van der Waals surface area (Å²) >= 11 is 6.09. The van der Waals surface area contributed by atoms with Crippen LogP contribution in [0.1, 0.15) is 35.7 Å². The van der Waals surface area contributed by atoms with Crippen LogP contribution >= 0.6 is 11.6 Å². The number of aromatic nitrogens is 4. The summed E-state index contributed by atoms with van der Waals surface area (Å²) in [5, 5.41) is 11.2. The Bertz CT molecular complexity index is 1050. The van der Waals surface area contributed by atoms with Crippen molar-refractivity contribution in [1.82, 2.24) is 24.8 Å². The molecule has 2 bridgehead atoms. The molecular formula is C17H13ClF3N5O2. The van der Waals surface area contributed by atoms with Crippen molar-refractivity contribution in [2.24, 2.45) is 0 Å². The minimum atomic E-state index is -5.08. The van der Waals surface area contributed by atoms with Crippen LogP contribution in [0.4, 0.5) is 13.2 Å². The van der Waals surface area contributed by atoms with Gasteiger partial charge in [0.2, 0.25) is 0 Å². The fourth-order valence-electron chi connectivity index (χ4n) is 3.74. The Balaban J connectivity index is 0.000000239. The highest BCUT2D eigenvalue weighted by molar-refractivity contribution is 6.33. The standard InChI is InChI=1S/C15H12ClN5.C2HF3O2/c16-14-13-15(18-6-17-14)21(7-19-13)11-5-10-8-3-1-2-4-9(8)12(11)20-10;3-2(4,5)1(6)7/h1-4,6-7,10-12,20H,5H2;(H,6,7)/t10-,11?,12-;/m1./s1. The highest BCUT2D eigenvalue weighted by Gasteiger charge is 2.44. The van der Waals surface area contributed by atoms with E-state index in [0.717, 1.165) is 12.1 Å². The van der Waals surface area contributed by atoms with Gasteiger partial charge in [-0.2, -0.15) is 13.2 Å². The molecule has 3 atom stereocenters. The lowest BCUT2D eigenvalue weighted by atomic mass is 9.88. The lowest BCUT2D eigenvalue weighted by Crippen LogP contribution is -2.21. The van der Waals surface area contributed by atoms with Crippen LogP contribution < -0.4 is 5.32 Å². The number of aliphatic carboxylic acids is 1. The maximum Gasteiger partial charge on any atom is 0.490 e. The third-order valence-corrected chi connectivity index (χ3v) is 5.14. The number of carboxylic acid groups (broad SMARTS) is 1. The van der Waals surface area contributed by atoms with Gasteiger partial charge in [0.25, 0.3) is 0 Å². The molecule has 4 heterocycles. The van der Waals surface area contributed by atoms with Crippen molar-refractivity contribution in [1.29, 1.82) is 0 Å². The second-order valence-corrected chi connectivity index (χ2v) is 6.78. The van der Waals surface area contributed by atoms with Gasteiger partial charge in [0.1, 0.15) is 11.8 Å². The zero-order valence-electron chi connectivity index (χ0n) is 14.1. The maximum atomic E-state index is 10.6. The van der Waals surface area contributed by atoms with Gasteiger partial charge in [-0.05, 0) is 17.5 Å². The number of carbonyl (C=O) groups is 1. The second-order valence-electron chi connectivity index (χ2n) is 6.42. The van der Waals surface area contributed by atoms with E-state index in [2.05, 4.69) is 49.1 Å². The first-order valence-electron chi connectivity index (χ1n) is 8.25. The van der Waals surface area contributed by atoms with Gasteiger partial charge >= 0.3 is 12.1 Å². The third kappa shape index (κ3) is 3.08. The molecule has 1 aromatic carbocycles. The first-order chi connectivity index (χ1) is 13.3. The number of fused-ring (bicyclic) bond motifs is 6. The van der Waals surface area contributed by atoms with Gasteiger partial charge < -0.3 is 15.0 Å². The smallest absolute Gasteiger partial charge is 0.475 e. The van der Waals surface area contributed by atoms with E-state index in [1.165, 1.54) is 17.5 Å². The Morgan fingerprint density at radius 1 is 1.21 bits per heavy atom. The van der Waals surface area contributed by atoms with Crippen molar-refractivity contribution in [3.63, 3.8) is 0 Å². The molecule has 1 fully saturated rings. The zero-order valence-corrected chi connectivity index (χ0v) is 14.8. The SMILES string of the molecule is Clc1ncnc2c1ncn2C1C[C@H]2N[C@@H]1c1ccccc12.O=C(O)C(F)(F)F. The Morgan fingerprint density at radius 3 is 2.57 bits per heavy atom. The summed E-state index contributed by atoms with van der Waals surface area (Å²) in [4.78, 5) is 21.6. The number of hydrogen-bond donors (Lipinski definition) is 2. The molecule has 0 radical (unpaired) electrons. The van der Waals surface area contributed by atoms with Gasteiger partial charge in [-0.25, -0.2) is 19.7 Å². The number of halogens is 4.